The zero-order valence-electron chi connectivity index (χ0n) is 20.5. The third-order valence-corrected chi connectivity index (χ3v) is 9.53. The summed E-state index contributed by atoms with van der Waals surface area (Å²) in [6.07, 6.45) is 1.20. The van der Waals surface area contributed by atoms with Gasteiger partial charge in [0.25, 0.3) is 0 Å². The number of aromatic carboxylic acids is 1. The van der Waals surface area contributed by atoms with Crippen LogP contribution >= 0.6 is 34.5 Å². The molecule has 3 fully saturated rings. The number of carboxylic acids is 1. The number of fused-ring (bicyclic) bond motifs is 3. The molecule has 4 aromatic rings. The summed E-state index contributed by atoms with van der Waals surface area (Å²) in [7, 11) is 0. The molecule has 1 N–H and O–H groups in total. The number of nitrogens with zero attached hydrogens (tertiary/aromatic N) is 3. The molecule has 0 radical (unpaired) electrons. The molecule has 13 heteroatoms. The minimum atomic E-state index is -1.79. The van der Waals surface area contributed by atoms with Crippen molar-refractivity contribution >= 4 is 61.8 Å². The molecule has 2 bridgehead atoms. The second kappa shape index (κ2) is 9.12. The van der Waals surface area contributed by atoms with Crippen molar-refractivity contribution in [2.24, 2.45) is 5.92 Å². The van der Waals surface area contributed by atoms with E-state index >= 15 is 4.39 Å². The summed E-state index contributed by atoms with van der Waals surface area (Å²) < 4.78 is 41.4. The molecular weight excluding hydrogens is 587 g/mol. The maximum absolute atomic E-state index is 15.2. The first kappa shape index (κ1) is 25.7. The van der Waals surface area contributed by atoms with Crippen molar-refractivity contribution in [3.63, 3.8) is 0 Å². The predicted molar refractivity (Wildman–Crippen MR) is 144 cm³/mol. The van der Waals surface area contributed by atoms with Gasteiger partial charge < -0.3 is 19.3 Å². The molecule has 2 aromatic carbocycles. The molecule has 206 valence electrons. The Morgan fingerprint density at radius 1 is 1.20 bits per heavy atom. The van der Waals surface area contributed by atoms with Crippen LogP contribution in [0.3, 0.4) is 0 Å². The lowest BCUT2D eigenvalue weighted by atomic mass is 10.0. The summed E-state index contributed by atoms with van der Waals surface area (Å²) in [5.74, 6) is -2.86. The van der Waals surface area contributed by atoms with E-state index in [1.807, 2.05) is 4.90 Å². The van der Waals surface area contributed by atoms with Crippen LogP contribution in [0.2, 0.25) is 10.0 Å². The molecular formula is C27H19Cl2F2N3O5S. The number of hydrogen-bond donors (Lipinski definition) is 1. The van der Waals surface area contributed by atoms with Crippen LogP contribution in [0.4, 0.5) is 13.9 Å². The summed E-state index contributed by atoms with van der Waals surface area (Å²) in [6, 6.07) is 7.20. The molecule has 8 nitrogen and oxygen atoms in total. The van der Waals surface area contributed by atoms with Gasteiger partial charge in [-0.1, -0.05) is 45.8 Å². The van der Waals surface area contributed by atoms with Gasteiger partial charge in [-0.25, -0.2) is 23.4 Å². The molecule has 1 aliphatic heterocycles. The second-order valence-electron chi connectivity index (χ2n) is 10.4. The number of anilines is 1. The van der Waals surface area contributed by atoms with Gasteiger partial charge in [0.2, 0.25) is 0 Å². The fraction of sp³-hybridized carbons (Fsp3) is 0.333. The number of halogens is 4. The van der Waals surface area contributed by atoms with Crippen LogP contribution in [-0.2, 0) is 10.4 Å². The van der Waals surface area contributed by atoms with Gasteiger partial charge in [0.1, 0.15) is 22.9 Å². The van der Waals surface area contributed by atoms with Gasteiger partial charge in [0, 0.05) is 30.5 Å². The fourth-order valence-electron chi connectivity index (χ4n) is 5.72. The van der Waals surface area contributed by atoms with Crippen molar-refractivity contribution in [3.05, 3.63) is 63.1 Å². The fourth-order valence-corrected chi connectivity index (χ4v) is 7.40. The summed E-state index contributed by atoms with van der Waals surface area (Å²) in [4.78, 5) is 31.3. The van der Waals surface area contributed by atoms with E-state index in [0.717, 1.165) is 12.5 Å². The lowest BCUT2D eigenvalue weighted by Gasteiger charge is -2.31. The van der Waals surface area contributed by atoms with Crippen LogP contribution in [0.5, 0.6) is 0 Å². The number of carboxylic acid groups (broad SMARTS) is 1. The molecule has 1 saturated heterocycles. The largest absolute Gasteiger partial charge is 0.478 e. The number of carbonyl (C=O) groups is 2. The summed E-state index contributed by atoms with van der Waals surface area (Å²) in [5.41, 5.74) is -1.59. The van der Waals surface area contributed by atoms with Crippen molar-refractivity contribution in [2.45, 2.75) is 43.5 Å². The van der Waals surface area contributed by atoms with Crippen molar-refractivity contribution < 1.29 is 32.7 Å². The third-order valence-electron chi connectivity index (χ3n) is 7.86. The molecule has 3 atom stereocenters. The van der Waals surface area contributed by atoms with Gasteiger partial charge >= 0.3 is 11.9 Å². The van der Waals surface area contributed by atoms with Crippen LogP contribution in [0.1, 0.15) is 52.2 Å². The summed E-state index contributed by atoms with van der Waals surface area (Å²) in [6.45, 7) is 0.516. The summed E-state index contributed by atoms with van der Waals surface area (Å²) in [5, 5.41) is 14.3. The Morgan fingerprint density at radius 3 is 2.60 bits per heavy atom. The van der Waals surface area contributed by atoms with E-state index in [1.54, 1.807) is 18.2 Å². The average Bonchev–Trinajstić information content (AvgIpc) is 3.36. The third kappa shape index (κ3) is 4.05. The highest BCUT2D eigenvalue weighted by atomic mass is 35.5. The van der Waals surface area contributed by atoms with Gasteiger partial charge in [0.15, 0.2) is 22.4 Å². The number of thiazole rings is 1. The van der Waals surface area contributed by atoms with Gasteiger partial charge in [-0.15, -0.1) is 0 Å². The Kier molecular flexibility index (Phi) is 5.85. The molecule has 7 rings (SSSR count). The van der Waals surface area contributed by atoms with Gasteiger partial charge in [-0.3, -0.25) is 0 Å². The first-order chi connectivity index (χ1) is 19.1. The highest BCUT2D eigenvalue weighted by molar-refractivity contribution is 7.22. The van der Waals surface area contributed by atoms with Crippen molar-refractivity contribution in [3.8, 4) is 11.3 Å². The SMILES string of the molecule is O=C(O)c1cc(F)c2nc(N3C[C@@H]4C[C@H]3C[C@H]4OC(=O)c3c(-c4c(Cl)cccc4Cl)noc3C3(F)CC3)sc2c1. The number of hydrogen-bond acceptors (Lipinski definition) is 8. The van der Waals surface area contributed by atoms with Crippen molar-refractivity contribution in [2.75, 3.05) is 11.4 Å². The topological polar surface area (TPSA) is 106 Å². The zero-order chi connectivity index (χ0) is 27.9. The molecule has 3 heterocycles. The number of carbonyl (C=O) groups excluding carboxylic acids is 1. The maximum Gasteiger partial charge on any atom is 0.344 e. The van der Waals surface area contributed by atoms with Gasteiger partial charge in [-0.05, 0) is 43.5 Å². The molecule has 0 spiro atoms. The van der Waals surface area contributed by atoms with Crippen molar-refractivity contribution in [1.82, 2.24) is 10.1 Å². The molecule has 2 aromatic heterocycles. The smallest absolute Gasteiger partial charge is 0.344 e. The van der Waals surface area contributed by atoms with Crippen LogP contribution in [-0.4, -0.2) is 45.9 Å². The van der Waals surface area contributed by atoms with Gasteiger partial charge in [0.05, 0.1) is 20.3 Å². The quantitative estimate of drug-likeness (QED) is 0.237. The normalized spacial score (nSPS) is 22.7. The number of benzene rings is 2. The van der Waals surface area contributed by atoms with E-state index in [-0.39, 0.29) is 68.5 Å². The lowest BCUT2D eigenvalue weighted by Crippen LogP contribution is -2.39. The van der Waals surface area contributed by atoms with E-state index in [1.165, 1.54) is 17.4 Å². The van der Waals surface area contributed by atoms with Gasteiger partial charge in [-0.2, -0.15) is 0 Å². The average molecular weight is 606 g/mol. The Balaban J connectivity index is 1.14. The number of ether oxygens (including phenoxy) is 1. The molecule has 3 aliphatic rings. The van der Waals surface area contributed by atoms with E-state index in [2.05, 4.69) is 10.1 Å². The monoisotopic (exact) mass is 605 g/mol. The lowest BCUT2D eigenvalue weighted by molar-refractivity contribution is 0.0187. The molecule has 2 saturated carbocycles. The Hall–Kier alpha value is -3.28. The Labute approximate surface area is 239 Å². The number of esters is 1. The minimum absolute atomic E-state index is 0.0132. The number of alkyl halides is 1. The summed E-state index contributed by atoms with van der Waals surface area (Å²) >= 11 is 14.0. The van der Waals surface area contributed by atoms with E-state index in [9.17, 15) is 19.1 Å². The highest BCUT2D eigenvalue weighted by Crippen LogP contribution is 2.53. The standard InChI is InChI=1S/C27H19Cl2F2N3O5S/c28-14-2-1-3-15(29)19(14)22-20(23(39-33-22)27(31)4-5-27)25(37)38-17-9-13-6-12(17)10-34(13)26-32-21-16(30)7-11(24(35)36)8-18(21)40-26/h1-3,7-8,12-13,17H,4-6,9-10H2,(H,35,36)/t12-,13-,17+/m0/s1. The van der Waals surface area contributed by atoms with Crippen LogP contribution < -0.4 is 4.90 Å². The second-order valence-corrected chi connectivity index (χ2v) is 12.2. The number of aromatic nitrogens is 2. The van der Waals surface area contributed by atoms with Crippen molar-refractivity contribution in [1.29, 1.82) is 0 Å². The van der Waals surface area contributed by atoms with E-state index in [0.29, 0.717) is 22.8 Å². The molecule has 0 amide bonds. The number of piperidine rings is 1. The van der Waals surface area contributed by atoms with Crippen LogP contribution in [0, 0.1) is 11.7 Å². The van der Waals surface area contributed by atoms with E-state index < -0.39 is 29.5 Å². The van der Waals surface area contributed by atoms with Crippen LogP contribution in [0.25, 0.3) is 21.5 Å². The molecule has 2 aliphatic carbocycles. The molecule has 40 heavy (non-hydrogen) atoms. The van der Waals surface area contributed by atoms with Crippen LogP contribution in [0.15, 0.2) is 34.9 Å². The van der Waals surface area contributed by atoms with E-state index in [4.69, 9.17) is 32.5 Å². The first-order valence-electron chi connectivity index (χ1n) is 12.6. The highest BCUT2D eigenvalue weighted by Gasteiger charge is 2.53. The molecule has 0 unspecified atom stereocenters. The maximum atomic E-state index is 15.2. The Morgan fingerprint density at radius 2 is 1.95 bits per heavy atom. The predicted octanol–water partition coefficient (Wildman–Crippen LogP) is 6.88. The number of rotatable bonds is 6. The first-order valence-corrected chi connectivity index (χ1v) is 14.1. The zero-order valence-corrected chi connectivity index (χ0v) is 22.8. The Bertz CT molecular complexity index is 1700. The minimum Gasteiger partial charge on any atom is -0.478 e.